The van der Waals surface area contributed by atoms with Crippen molar-refractivity contribution in [1.29, 1.82) is 0 Å². The van der Waals surface area contributed by atoms with Gasteiger partial charge in [-0.05, 0) is 55.9 Å². The summed E-state index contributed by atoms with van der Waals surface area (Å²) in [6.07, 6.45) is 5.37. The number of aldehydes is 1. The molecule has 0 radical (unpaired) electrons. The monoisotopic (exact) mass is 332 g/mol. The van der Waals surface area contributed by atoms with Crippen LogP contribution in [-0.2, 0) is 14.4 Å². The highest BCUT2D eigenvalue weighted by atomic mass is 16.4. The first-order valence-electron chi connectivity index (χ1n) is 9.21. The molecule has 0 aliphatic heterocycles. The Bertz CT molecular complexity index is 617. The summed E-state index contributed by atoms with van der Waals surface area (Å²) in [7, 11) is 0. The van der Waals surface area contributed by atoms with Gasteiger partial charge in [-0.3, -0.25) is 9.59 Å². The van der Waals surface area contributed by atoms with Gasteiger partial charge < -0.3 is 9.90 Å². The zero-order chi connectivity index (χ0) is 17.7. The predicted octanol–water partition coefficient (Wildman–Crippen LogP) is 3.79. The number of carbonyl (C=O) groups is 3. The van der Waals surface area contributed by atoms with Crippen molar-refractivity contribution in [3.8, 4) is 0 Å². The molecule has 132 valence electrons. The molecule has 0 spiro atoms. The fourth-order valence-electron chi connectivity index (χ4n) is 5.50. The third-order valence-corrected chi connectivity index (χ3v) is 7.08. The number of fused-ring (bicyclic) bond motifs is 3. The second kappa shape index (κ2) is 5.82. The van der Waals surface area contributed by atoms with Gasteiger partial charge in [0.2, 0.25) is 0 Å². The van der Waals surface area contributed by atoms with E-state index in [0.29, 0.717) is 38.0 Å². The normalized spacial score (nSPS) is 39.4. The molecule has 2 fully saturated rings. The van der Waals surface area contributed by atoms with E-state index in [1.165, 1.54) is 5.57 Å². The minimum atomic E-state index is -0.773. The van der Waals surface area contributed by atoms with Crippen LogP contribution in [0.2, 0.25) is 0 Å². The van der Waals surface area contributed by atoms with Crippen LogP contribution in [0, 0.1) is 28.6 Å². The highest BCUT2D eigenvalue weighted by Crippen LogP contribution is 2.63. The number of allylic oxidation sites excluding steroid dienone is 1. The fourth-order valence-corrected chi connectivity index (χ4v) is 5.50. The van der Waals surface area contributed by atoms with Gasteiger partial charge in [0.1, 0.15) is 12.1 Å². The minimum Gasteiger partial charge on any atom is -0.481 e. The van der Waals surface area contributed by atoms with Gasteiger partial charge in [0.25, 0.3) is 0 Å². The highest BCUT2D eigenvalue weighted by Gasteiger charge is 2.59. The van der Waals surface area contributed by atoms with Crippen LogP contribution < -0.4 is 0 Å². The van der Waals surface area contributed by atoms with Crippen molar-refractivity contribution in [1.82, 2.24) is 0 Å². The summed E-state index contributed by atoms with van der Waals surface area (Å²) in [5.41, 5.74) is 1.03. The Morgan fingerprint density at radius 3 is 2.54 bits per heavy atom. The summed E-state index contributed by atoms with van der Waals surface area (Å²) in [6, 6.07) is 0. The summed E-state index contributed by atoms with van der Waals surface area (Å²) < 4.78 is 0. The van der Waals surface area contributed by atoms with E-state index in [9.17, 15) is 19.5 Å². The van der Waals surface area contributed by atoms with E-state index in [4.69, 9.17) is 0 Å². The number of ketones is 1. The van der Waals surface area contributed by atoms with Crippen LogP contribution >= 0.6 is 0 Å². The van der Waals surface area contributed by atoms with Crippen LogP contribution in [0.4, 0.5) is 0 Å². The smallest absolute Gasteiger partial charge is 0.313 e. The topological polar surface area (TPSA) is 71.4 Å². The van der Waals surface area contributed by atoms with Gasteiger partial charge in [0.15, 0.2) is 0 Å². The number of hydrogen-bond donors (Lipinski definition) is 1. The lowest BCUT2D eigenvalue weighted by Gasteiger charge is -2.48. The molecule has 4 atom stereocenters. The molecule has 24 heavy (non-hydrogen) atoms. The first-order chi connectivity index (χ1) is 11.3. The number of carboxylic acid groups (broad SMARTS) is 1. The molecule has 0 bridgehead atoms. The van der Waals surface area contributed by atoms with Crippen LogP contribution in [0.15, 0.2) is 11.1 Å². The van der Waals surface area contributed by atoms with Gasteiger partial charge in [0.05, 0.1) is 5.41 Å². The van der Waals surface area contributed by atoms with Gasteiger partial charge in [-0.25, -0.2) is 0 Å². The van der Waals surface area contributed by atoms with Crippen molar-refractivity contribution in [2.24, 2.45) is 28.6 Å². The first kappa shape index (κ1) is 17.4. The molecule has 0 heterocycles. The van der Waals surface area contributed by atoms with Crippen LogP contribution in [0.5, 0.6) is 0 Å². The van der Waals surface area contributed by atoms with E-state index in [1.807, 2.05) is 6.92 Å². The largest absolute Gasteiger partial charge is 0.481 e. The summed E-state index contributed by atoms with van der Waals surface area (Å²) >= 11 is 0. The van der Waals surface area contributed by atoms with E-state index in [1.54, 1.807) is 0 Å². The molecule has 4 nitrogen and oxygen atoms in total. The molecule has 0 saturated heterocycles. The zero-order valence-corrected chi connectivity index (χ0v) is 14.9. The Balaban J connectivity index is 2.14. The average molecular weight is 332 g/mol. The third kappa shape index (κ3) is 2.29. The standard InChI is InChI=1S/C20H28O4/c1-12(2)14-6-7-20(18(23)24)9-8-19(3)15(17(14)20)5-4-13(11-21)10-16(19)22/h11-13,15H,4-10H2,1-3H3,(H,23,24)/t13?,15-,19-,20+/m1/s1. The Morgan fingerprint density at radius 2 is 1.96 bits per heavy atom. The maximum Gasteiger partial charge on any atom is 0.313 e. The predicted molar refractivity (Wildman–Crippen MR) is 90.4 cm³/mol. The number of hydrogen-bond acceptors (Lipinski definition) is 3. The Kier molecular flexibility index (Phi) is 4.21. The van der Waals surface area contributed by atoms with Crippen LogP contribution in [0.25, 0.3) is 0 Å². The first-order valence-corrected chi connectivity index (χ1v) is 9.21. The van der Waals surface area contributed by atoms with Gasteiger partial charge in [-0.15, -0.1) is 0 Å². The van der Waals surface area contributed by atoms with Gasteiger partial charge in [-0.2, -0.15) is 0 Å². The molecule has 0 aromatic heterocycles. The molecule has 3 aliphatic carbocycles. The van der Waals surface area contributed by atoms with Crippen molar-refractivity contribution in [2.45, 2.75) is 65.7 Å². The summed E-state index contributed by atoms with van der Waals surface area (Å²) in [5.74, 6) is -0.477. The number of carbonyl (C=O) groups excluding carboxylic acids is 2. The van der Waals surface area contributed by atoms with Crippen molar-refractivity contribution < 1.29 is 19.5 Å². The quantitative estimate of drug-likeness (QED) is 0.630. The van der Waals surface area contributed by atoms with Crippen LogP contribution in [0.3, 0.4) is 0 Å². The van der Waals surface area contributed by atoms with E-state index >= 15 is 0 Å². The number of carboxylic acids is 1. The lowest BCUT2D eigenvalue weighted by atomic mass is 9.54. The van der Waals surface area contributed by atoms with Gasteiger partial charge >= 0.3 is 5.97 Å². The molecule has 3 aliphatic rings. The fraction of sp³-hybridized carbons (Fsp3) is 0.750. The number of rotatable bonds is 3. The Labute approximate surface area is 143 Å². The Hall–Kier alpha value is -1.45. The van der Waals surface area contributed by atoms with Gasteiger partial charge in [0, 0.05) is 17.8 Å². The zero-order valence-electron chi connectivity index (χ0n) is 14.9. The number of Topliss-reactive ketones (excluding diaryl/α,β-unsaturated/α-hetero) is 1. The van der Waals surface area contributed by atoms with Crippen molar-refractivity contribution in [2.75, 3.05) is 0 Å². The third-order valence-electron chi connectivity index (χ3n) is 7.08. The summed E-state index contributed by atoms with van der Waals surface area (Å²) in [6.45, 7) is 6.26. The lowest BCUT2D eigenvalue weighted by molar-refractivity contribution is -0.151. The summed E-state index contributed by atoms with van der Waals surface area (Å²) in [5, 5.41) is 10.0. The molecule has 2 saturated carbocycles. The molecule has 0 aromatic rings. The second-order valence-electron chi connectivity index (χ2n) is 8.55. The maximum absolute atomic E-state index is 12.9. The van der Waals surface area contributed by atoms with E-state index < -0.39 is 16.8 Å². The average Bonchev–Trinajstić information content (AvgIpc) is 2.88. The van der Waals surface area contributed by atoms with Crippen LogP contribution in [0.1, 0.15) is 65.7 Å². The van der Waals surface area contributed by atoms with Crippen molar-refractivity contribution >= 4 is 18.0 Å². The molecule has 4 heteroatoms. The second-order valence-corrected chi connectivity index (χ2v) is 8.55. The lowest BCUT2D eigenvalue weighted by Crippen LogP contribution is -2.48. The Morgan fingerprint density at radius 1 is 1.25 bits per heavy atom. The van der Waals surface area contributed by atoms with E-state index in [2.05, 4.69) is 13.8 Å². The molecule has 0 aromatic carbocycles. The molecule has 0 amide bonds. The van der Waals surface area contributed by atoms with Crippen LogP contribution in [-0.4, -0.2) is 23.1 Å². The van der Waals surface area contributed by atoms with E-state index in [0.717, 1.165) is 24.7 Å². The molecular formula is C20H28O4. The molecular weight excluding hydrogens is 304 g/mol. The van der Waals surface area contributed by atoms with Crippen molar-refractivity contribution in [3.05, 3.63) is 11.1 Å². The van der Waals surface area contributed by atoms with E-state index in [-0.39, 0.29) is 17.6 Å². The highest BCUT2D eigenvalue weighted by molar-refractivity contribution is 5.89. The van der Waals surface area contributed by atoms with Gasteiger partial charge in [-0.1, -0.05) is 26.3 Å². The molecule has 1 unspecified atom stereocenters. The molecule has 3 rings (SSSR count). The molecule has 1 N–H and O–H groups in total. The number of aliphatic carboxylic acids is 1. The summed E-state index contributed by atoms with van der Waals surface area (Å²) in [4.78, 5) is 36.4. The minimum absolute atomic E-state index is 0.0142. The SMILES string of the molecule is CC(C)C1=C2[C@H]3CCC(C=O)CC(=O)[C@]3(C)CC[C@@]2(C(=O)O)CC1. The maximum atomic E-state index is 12.9. The van der Waals surface area contributed by atoms with Crippen molar-refractivity contribution in [3.63, 3.8) is 0 Å².